The van der Waals surface area contributed by atoms with Gasteiger partial charge in [0.05, 0.1) is 0 Å². The molecule has 3 heteroatoms. The first kappa shape index (κ1) is 7.61. The molecule has 0 aromatic rings. The van der Waals surface area contributed by atoms with Crippen LogP contribution in [0.15, 0.2) is 0 Å². The molecule has 1 saturated heterocycles. The van der Waals surface area contributed by atoms with Gasteiger partial charge in [-0.2, -0.15) is 6.61 Å². The summed E-state index contributed by atoms with van der Waals surface area (Å²) in [4.78, 5) is 0. The molecule has 0 radical (unpaired) electrons. The van der Waals surface area contributed by atoms with E-state index in [0.29, 0.717) is 12.7 Å². The van der Waals surface area contributed by atoms with Gasteiger partial charge in [0, 0.05) is 34.8 Å². The van der Waals surface area contributed by atoms with Crippen molar-refractivity contribution in [2.45, 2.75) is 6.10 Å². The molecule has 42 valence electrons. The Labute approximate surface area is 57.4 Å². The van der Waals surface area contributed by atoms with Crippen molar-refractivity contribution in [3.63, 3.8) is 0 Å². The number of ether oxygens (including phenoxy) is 2. The molecule has 7 heavy (non-hydrogen) atoms. The molecule has 1 heterocycles. The van der Waals surface area contributed by atoms with E-state index in [9.17, 15) is 0 Å². The second kappa shape index (κ2) is 3.59. The predicted molar refractivity (Wildman–Crippen MR) is 21.0 cm³/mol. The van der Waals surface area contributed by atoms with Crippen molar-refractivity contribution in [1.29, 1.82) is 0 Å². The van der Waals surface area contributed by atoms with Crippen LogP contribution in [0.4, 0.5) is 0 Å². The van der Waals surface area contributed by atoms with Crippen molar-refractivity contribution in [2.24, 2.45) is 0 Å². The van der Waals surface area contributed by atoms with Gasteiger partial charge in [0.2, 0.25) is 0 Å². The average molecular weight is 271 g/mol. The molecule has 0 aromatic carbocycles. The maximum Gasteiger partial charge on any atom is 0.0429 e. The van der Waals surface area contributed by atoms with Gasteiger partial charge in [0.15, 0.2) is 0 Å². The molecular weight excluding hydrogens is 264 g/mol. The third kappa shape index (κ3) is 3.21. The van der Waals surface area contributed by atoms with Gasteiger partial charge < -0.3 is 9.47 Å². The minimum Gasteiger partial charge on any atom is -0.568 e. The van der Waals surface area contributed by atoms with Crippen molar-refractivity contribution < 1.29 is 30.5 Å². The molecule has 2 nitrogen and oxygen atoms in total. The first-order valence-electron chi connectivity index (χ1n) is 1.91. The van der Waals surface area contributed by atoms with E-state index in [1.807, 2.05) is 0 Å². The summed E-state index contributed by atoms with van der Waals surface area (Å²) in [7, 11) is 1.66. The fourth-order valence-corrected chi connectivity index (χ4v) is 0.298. The van der Waals surface area contributed by atoms with Gasteiger partial charge in [-0.25, -0.2) is 0 Å². The van der Waals surface area contributed by atoms with E-state index in [-0.39, 0.29) is 21.1 Å². The second-order valence-electron chi connectivity index (χ2n) is 1.27. The average Bonchev–Trinajstić information content (AvgIpc) is 2.21. The molecule has 0 amide bonds. The van der Waals surface area contributed by atoms with Crippen molar-refractivity contribution in [1.82, 2.24) is 0 Å². The van der Waals surface area contributed by atoms with E-state index in [2.05, 4.69) is 0 Å². The third-order valence-corrected chi connectivity index (χ3v) is 0.659. The number of rotatable bonds is 2. The molecular formula is C4H7O2W-. The van der Waals surface area contributed by atoms with Crippen LogP contribution in [0.1, 0.15) is 0 Å². The molecule has 0 spiro atoms. The quantitative estimate of drug-likeness (QED) is 0.528. The standard InChI is InChI=1S/C4H7O2.W/c1-5-2-4-3-6-4;/h3-4H,2H2,1H3;/q-1;. The Hall–Kier alpha value is 0.608. The zero-order valence-corrected chi connectivity index (χ0v) is 7.02. The van der Waals surface area contributed by atoms with E-state index < -0.39 is 0 Å². The predicted octanol–water partition coefficient (Wildman–Crippen LogP) is 0.191. The number of hydrogen-bond donors (Lipinski definition) is 0. The Kier molecular flexibility index (Phi) is 3.90. The summed E-state index contributed by atoms with van der Waals surface area (Å²) in [5.41, 5.74) is 0. The van der Waals surface area contributed by atoms with Crippen LogP contribution in [0.3, 0.4) is 0 Å². The Morgan fingerprint density at radius 1 is 1.86 bits per heavy atom. The molecule has 1 rings (SSSR count). The molecule has 1 aliphatic rings. The van der Waals surface area contributed by atoms with Crippen LogP contribution in [0.25, 0.3) is 0 Å². The van der Waals surface area contributed by atoms with Crippen LogP contribution in [-0.4, -0.2) is 19.8 Å². The van der Waals surface area contributed by atoms with Gasteiger partial charge in [-0.15, -0.1) is 0 Å². The van der Waals surface area contributed by atoms with Crippen molar-refractivity contribution >= 4 is 0 Å². The minimum atomic E-state index is 0. The summed E-state index contributed by atoms with van der Waals surface area (Å²) in [5.74, 6) is 0. The van der Waals surface area contributed by atoms with Crippen molar-refractivity contribution in [2.75, 3.05) is 13.7 Å². The maximum atomic E-state index is 4.71. The summed E-state index contributed by atoms with van der Waals surface area (Å²) in [5, 5.41) is 0. The summed E-state index contributed by atoms with van der Waals surface area (Å²) >= 11 is 0. The minimum absolute atomic E-state index is 0. The Balaban J connectivity index is 0.000000360. The zero-order chi connectivity index (χ0) is 4.41. The Bertz CT molecular complexity index is 45.0. The van der Waals surface area contributed by atoms with Gasteiger partial charge >= 0.3 is 0 Å². The van der Waals surface area contributed by atoms with Crippen LogP contribution in [0.2, 0.25) is 0 Å². The molecule has 1 atom stereocenters. The topological polar surface area (TPSA) is 21.8 Å². The normalized spacial score (nSPS) is 26.1. The summed E-state index contributed by atoms with van der Waals surface area (Å²) in [6.45, 7) is 2.46. The van der Waals surface area contributed by atoms with E-state index in [4.69, 9.17) is 9.47 Å². The fraction of sp³-hybridized carbons (Fsp3) is 0.750. The SMILES string of the molecule is COCC1[CH-]O1.[W]. The van der Waals surface area contributed by atoms with Crippen molar-refractivity contribution in [3.05, 3.63) is 6.61 Å². The van der Waals surface area contributed by atoms with E-state index in [1.165, 1.54) is 0 Å². The molecule has 0 saturated carbocycles. The van der Waals surface area contributed by atoms with Crippen LogP contribution < -0.4 is 0 Å². The molecule has 1 aliphatic heterocycles. The molecule has 0 aromatic heterocycles. The monoisotopic (exact) mass is 271 g/mol. The number of epoxide rings is 1. The smallest absolute Gasteiger partial charge is 0.0429 e. The van der Waals surface area contributed by atoms with Gasteiger partial charge in [0.1, 0.15) is 0 Å². The first-order chi connectivity index (χ1) is 2.93. The van der Waals surface area contributed by atoms with Crippen LogP contribution in [0.5, 0.6) is 0 Å². The second-order valence-corrected chi connectivity index (χ2v) is 1.27. The molecule has 0 bridgehead atoms. The summed E-state index contributed by atoms with van der Waals surface area (Å²) < 4.78 is 9.41. The van der Waals surface area contributed by atoms with Gasteiger partial charge in [-0.3, -0.25) is 0 Å². The van der Waals surface area contributed by atoms with E-state index in [0.717, 1.165) is 0 Å². The van der Waals surface area contributed by atoms with E-state index in [1.54, 1.807) is 13.7 Å². The van der Waals surface area contributed by atoms with Crippen LogP contribution in [-0.2, 0) is 30.5 Å². The molecule has 0 N–H and O–H groups in total. The van der Waals surface area contributed by atoms with Gasteiger partial charge in [-0.05, 0) is 0 Å². The van der Waals surface area contributed by atoms with E-state index >= 15 is 0 Å². The van der Waals surface area contributed by atoms with Crippen LogP contribution in [0, 0.1) is 6.61 Å². The summed E-state index contributed by atoms with van der Waals surface area (Å²) in [6, 6.07) is 0. The Morgan fingerprint density at radius 2 is 2.43 bits per heavy atom. The largest absolute Gasteiger partial charge is 0.568 e. The molecule has 0 aliphatic carbocycles. The van der Waals surface area contributed by atoms with Gasteiger partial charge in [0.25, 0.3) is 0 Å². The third-order valence-electron chi connectivity index (χ3n) is 0.659. The number of methoxy groups -OCH3 is 1. The number of hydrogen-bond acceptors (Lipinski definition) is 2. The summed E-state index contributed by atoms with van der Waals surface area (Å²) in [6.07, 6.45) is 0.301. The van der Waals surface area contributed by atoms with Crippen molar-refractivity contribution in [3.8, 4) is 0 Å². The molecule has 1 unspecified atom stereocenters. The zero-order valence-electron chi connectivity index (χ0n) is 4.09. The molecule has 1 fully saturated rings. The van der Waals surface area contributed by atoms with Crippen LogP contribution >= 0.6 is 0 Å². The fourth-order valence-electron chi connectivity index (χ4n) is 0.298. The first-order valence-corrected chi connectivity index (χ1v) is 1.91. The van der Waals surface area contributed by atoms with Gasteiger partial charge in [-0.1, -0.05) is 6.10 Å². The Morgan fingerprint density at radius 3 is 2.57 bits per heavy atom. The maximum absolute atomic E-state index is 4.71.